The molecule has 9 nitrogen and oxygen atoms in total. The predicted molar refractivity (Wildman–Crippen MR) is 99.1 cm³/mol. The van der Waals surface area contributed by atoms with Gasteiger partial charge < -0.3 is 20.7 Å². The molecule has 2 heterocycles. The molecular formula is C18H15F2N7O2. The summed E-state index contributed by atoms with van der Waals surface area (Å²) in [7, 11) is 1.31. The largest absolute Gasteiger partial charge is 0.412 e. The Bertz CT molecular complexity index is 1150. The Morgan fingerprint density at radius 1 is 1.28 bits per heavy atom. The van der Waals surface area contributed by atoms with Crippen molar-refractivity contribution in [1.29, 1.82) is 5.26 Å². The first-order valence-electron chi connectivity index (χ1n) is 8.69. The van der Waals surface area contributed by atoms with Crippen molar-refractivity contribution in [2.24, 2.45) is 0 Å². The summed E-state index contributed by atoms with van der Waals surface area (Å²) in [4.78, 5) is 15.6. The van der Waals surface area contributed by atoms with Crippen LogP contribution in [0, 0.1) is 23.0 Å². The molecular weight excluding hydrogens is 384 g/mol. The van der Waals surface area contributed by atoms with Gasteiger partial charge in [0.25, 0.3) is 0 Å². The zero-order valence-corrected chi connectivity index (χ0v) is 15.2. The fourth-order valence-electron chi connectivity index (χ4n) is 2.65. The van der Waals surface area contributed by atoms with E-state index in [-0.39, 0.29) is 17.2 Å². The van der Waals surface area contributed by atoms with Crippen LogP contribution in [-0.4, -0.2) is 33.8 Å². The number of imidazole rings is 1. The van der Waals surface area contributed by atoms with E-state index < -0.39 is 23.5 Å². The molecule has 0 saturated heterocycles. The highest BCUT2D eigenvalue weighted by molar-refractivity contribution is 5.74. The van der Waals surface area contributed by atoms with Gasteiger partial charge in [-0.15, -0.1) is 5.10 Å². The van der Waals surface area contributed by atoms with E-state index in [4.69, 9.17) is 4.74 Å². The van der Waals surface area contributed by atoms with Crippen molar-refractivity contribution in [3.8, 4) is 11.8 Å². The second-order valence-electron chi connectivity index (χ2n) is 6.38. The number of fused-ring (bicyclic) bond motifs is 1. The van der Waals surface area contributed by atoms with Crippen LogP contribution >= 0.6 is 0 Å². The van der Waals surface area contributed by atoms with Crippen molar-refractivity contribution in [2.75, 3.05) is 17.7 Å². The highest BCUT2D eigenvalue weighted by Gasteiger charge is 2.23. The summed E-state index contributed by atoms with van der Waals surface area (Å²) in [5, 5.41) is 21.7. The number of ether oxygens (including phenoxy) is 1. The third-order valence-electron chi connectivity index (χ3n) is 4.21. The summed E-state index contributed by atoms with van der Waals surface area (Å²) >= 11 is 0. The van der Waals surface area contributed by atoms with Crippen molar-refractivity contribution < 1.29 is 18.3 Å². The molecule has 0 atom stereocenters. The van der Waals surface area contributed by atoms with Gasteiger partial charge >= 0.3 is 6.09 Å². The number of benzene rings is 1. The molecule has 0 spiro atoms. The number of hydrogen-bond acceptors (Lipinski definition) is 7. The molecule has 1 aromatic carbocycles. The van der Waals surface area contributed by atoms with Gasteiger partial charge in [-0.2, -0.15) is 9.78 Å². The minimum Gasteiger partial charge on any atom is -0.407 e. The first-order valence-corrected chi connectivity index (χ1v) is 8.69. The minimum absolute atomic E-state index is 0.159. The van der Waals surface area contributed by atoms with E-state index in [0.717, 1.165) is 18.9 Å². The number of hydrogen-bond donors (Lipinski definition) is 3. The summed E-state index contributed by atoms with van der Waals surface area (Å²) in [6.45, 7) is 0. The van der Waals surface area contributed by atoms with Crippen LogP contribution < -0.4 is 20.7 Å². The average Bonchev–Trinajstić information content (AvgIpc) is 3.41. The highest BCUT2D eigenvalue weighted by atomic mass is 19.1. The lowest BCUT2D eigenvalue weighted by molar-refractivity contribution is 0.200. The van der Waals surface area contributed by atoms with Gasteiger partial charge in [0.05, 0.1) is 17.6 Å². The van der Waals surface area contributed by atoms with E-state index in [9.17, 15) is 18.8 Å². The van der Waals surface area contributed by atoms with E-state index in [1.165, 1.54) is 17.8 Å². The van der Waals surface area contributed by atoms with Gasteiger partial charge in [-0.05, 0) is 12.8 Å². The van der Waals surface area contributed by atoms with Crippen molar-refractivity contribution in [1.82, 2.24) is 19.9 Å². The number of nitrogens with one attached hydrogen (secondary N) is 3. The van der Waals surface area contributed by atoms with Crippen LogP contribution in [0.15, 0.2) is 24.4 Å². The van der Waals surface area contributed by atoms with Crippen LogP contribution in [0.5, 0.6) is 5.75 Å². The van der Waals surface area contributed by atoms with E-state index >= 15 is 0 Å². The number of nitriles is 1. The third kappa shape index (κ3) is 3.73. The smallest absolute Gasteiger partial charge is 0.407 e. The molecule has 2 aromatic heterocycles. The minimum atomic E-state index is -1.03. The van der Waals surface area contributed by atoms with Gasteiger partial charge in [0.15, 0.2) is 28.7 Å². The molecule has 11 heteroatoms. The summed E-state index contributed by atoms with van der Waals surface area (Å²) in [5.74, 6) is -2.20. The Hall–Kier alpha value is -3.94. The number of halogens is 2. The SMILES string of the molecule is CNC(=O)Oc1cc(Nc2cc(NC3CC3)c3ncc(C#N)n3n2)c(F)cc1F. The number of anilines is 3. The van der Waals surface area contributed by atoms with Gasteiger partial charge in [-0.25, -0.2) is 18.6 Å². The Morgan fingerprint density at radius 3 is 2.76 bits per heavy atom. The molecule has 0 aliphatic heterocycles. The zero-order valence-electron chi connectivity index (χ0n) is 15.2. The fourth-order valence-corrected chi connectivity index (χ4v) is 2.65. The molecule has 1 amide bonds. The number of nitrogens with zero attached hydrogens (tertiary/aromatic N) is 4. The molecule has 3 N–H and O–H groups in total. The van der Waals surface area contributed by atoms with Crippen molar-refractivity contribution in [2.45, 2.75) is 18.9 Å². The summed E-state index contributed by atoms with van der Waals surface area (Å²) in [6.07, 6.45) is 2.51. The van der Waals surface area contributed by atoms with Crippen LogP contribution in [0.2, 0.25) is 0 Å². The zero-order chi connectivity index (χ0) is 20.5. The van der Waals surface area contributed by atoms with E-state index in [1.54, 1.807) is 6.07 Å². The standard InChI is InChI=1S/C18H15F2N7O2/c1-22-18(28)29-15-5-13(11(19)4-12(15)20)25-16-6-14(24-9-2-3-9)17-23-8-10(7-21)27(17)26-16/h4-6,8-9,24H,2-3H2,1H3,(H,22,28)(H,25,26). The monoisotopic (exact) mass is 399 g/mol. The molecule has 0 unspecified atom stereocenters. The number of carbonyl (C=O) groups is 1. The first kappa shape index (κ1) is 18.4. The molecule has 4 rings (SSSR count). The third-order valence-corrected chi connectivity index (χ3v) is 4.21. The van der Waals surface area contributed by atoms with Gasteiger partial charge in [0.1, 0.15) is 11.9 Å². The van der Waals surface area contributed by atoms with Gasteiger partial charge in [-0.1, -0.05) is 0 Å². The molecule has 3 aromatic rings. The number of aromatic nitrogens is 3. The summed E-state index contributed by atoms with van der Waals surface area (Å²) < 4.78 is 34.3. The van der Waals surface area contributed by atoms with E-state index in [2.05, 4.69) is 26.0 Å². The normalized spacial score (nSPS) is 13.0. The van der Waals surface area contributed by atoms with Gasteiger partial charge in [0, 0.05) is 31.3 Å². The maximum Gasteiger partial charge on any atom is 0.412 e. The molecule has 1 saturated carbocycles. The fraction of sp³-hybridized carbons (Fsp3) is 0.222. The predicted octanol–water partition coefficient (Wildman–Crippen LogP) is 2.92. The Kier molecular flexibility index (Phi) is 4.59. The van der Waals surface area contributed by atoms with Gasteiger partial charge in [-0.3, -0.25) is 0 Å². The van der Waals surface area contributed by atoms with Crippen molar-refractivity contribution in [3.63, 3.8) is 0 Å². The quantitative estimate of drug-likeness (QED) is 0.604. The number of carbonyl (C=O) groups excluding carboxylic acids is 1. The van der Waals surface area contributed by atoms with Gasteiger partial charge in [0.2, 0.25) is 0 Å². The lowest BCUT2D eigenvalue weighted by atomic mass is 10.2. The molecule has 1 fully saturated rings. The summed E-state index contributed by atoms with van der Waals surface area (Å²) in [6, 6.07) is 5.51. The molecule has 1 aliphatic rings. The van der Waals surface area contributed by atoms with Crippen LogP contribution in [-0.2, 0) is 0 Å². The second-order valence-corrected chi connectivity index (χ2v) is 6.38. The molecule has 29 heavy (non-hydrogen) atoms. The lowest BCUT2D eigenvalue weighted by Gasteiger charge is -2.13. The van der Waals surface area contributed by atoms with Crippen molar-refractivity contribution in [3.05, 3.63) is 41.7 Å². The molecule has 148 valence electrons. The molecule has 1 aliphatic carbocycles. The Morgan fingerprint density at radius 2 is 2.07 bits per heavy atom. The van der Waals surface area contributed by atoms with Crippen LogP contribution in [0.1, 0.15) is 18.5 Å². The van der Waals surface area contributed by atoms with Crippen LogP contribution in [0.4, 0.5) is 30.8 Å². The average molecular weight is 399 g/mol. The maximum absolute atomic E-state index is 14.3. The lowest BCUT2D eigenvalue weighted by Crippen LogP contribution is -2.22. The summed E-state index contributed by atoms with van der Waals surface area (Å²) in [5.41, 5.74) is 1.12. The number of amides is 1. The van der Waals surface area contributed by atoms with Crippen molar-refractivity contribution >= 4 is 28.9 Å². The number of rotatable bonds is 5. The first-order chi connectivity index (χ1) is 14.0. The van der Waals surface area contributed by atoms with E-state index in [1.807, 2.05) is 6.07 Å². The van der Waals surface area contributed by atoms with Crippen LogP contribution in [0.25, 0.3) is 5.65 Å². The van der Waals surface area contributed by atoms with E-state index in [0.29, 0.717) is 23.4 Å². The maximum atomic E-state index is 14.3. The molecule has 0 bridgehead atoms. The highest BCUT2D eigenvalue weighted by Crippen LogP contribution is 2.31. The molecule has 0 radical (unpaired) electrons. The second kappa shape index (κ2) is 7.23. The topological polar surface area (TPSA) is 116 Å². The Balaban J connectivity index is 1.72. The van der Waals surface area contributed by atoms with Crippen LogP contribution in [0.3, 0.4) is 0 Å². The Labute approximate surface area is 163 Å².